The second kappa shape index (κ2) is 7.51. The van der Waals surface area contributed by atoms with Gasteiger partial charge in [0.05, 0.1) is 6.33 Å². The van der Waals surface area contributed by atoms with Crippen molar-refractivity contribution in [3.63, 3.8) is 0 Å². The number of carbonyl (C=O) groups is 1. The highest BCUT2D eigenvalue weighted by atomic mass is 16.2. The summed E-state index contributed by atoms with van der Waals surface area (Å²) in [5, 5.41) is 3.07. The number of aryl methyl sites for hydroxylation is 2. The first-order valence-corrected chi connectivity index (χ1v) is 8.71. The zero-order valence-electron chi connectivity index (χ0n) is 14.5. The Morgan fingerprint density at radius 2 is 2.00 bits per heavy atom. The molecule has 2 aromatic rings. The molecule has 1 aromatic heterocycles. The van der Waals surface area contributed by atoms with E-state index in [1.54, 1.807) is 6.33 Å². The Balaban J connectivity index is 1.45. The molecule has 24 heavy (non-hydrogen) atoms. The molecule has 0 unspecified atom stereocenters. The zero-order chi connectivity index (χ0) is 16.9. The van der Waals surface area contributed by atoms with Crippen molar-refractivity contribution in [3.8, 4) is 0 Å². The molecule has 1 aliphatic rings. The molecular formula is C19H26N4O. The summed E-state index contributed by atoms with van der Waals surface area (Å²) in [5.41, 5.74) is 5.12. The average Bonchev–Trinajstić information content (AvgIpc) is 3.12. The van der Waals surface area contributed by atoms with Gasteiger partial charge in [-0.2, -0.15) is 0 Å². The summed E-state index contributed by atoms with van der Waals surface area (Å²) in [7, 11) is 0. The molecule has 1 aromatic carbocycles. The first-order chi connectivity index (χ1) is 11.6. The molecule has 0 saturated carbocycles. The lowest BCUT2D eigenvalue weighted by atomic mass is 9.94. The van der Waals surface area contributed by atoms with Crippen LogP contribution in [0.15, 0.2) is 30.7 Å². The number of H-pyrrole nitrogens is 1. The van der Waals surface area contributed by atoms with Crippen LogP contribution in [0, 0.1) is 13.8 Å². The zero-order valence-corrected chi connectivity index (χ0v) is 14.5. The van der Waals surface area contributed by atoms with E-state index in [2.05, 4.69) is 47.3 Å². The minimum Gasteiger partial charge on any atom is -0.348 e. The van der Waals surface area contributed by atoms with Crippen molar-refractivity contribution in [1.29, 1.82) is 0 Å². The smallest absolute Gasteiger partial charge is 0.317 e. The Bertz CT molecular complexity index is 652. The number of piperidine rings is 1. The molecule has 1 fully saturated rings. The van der Waals surface area contributed by atoms with Gasteiger partial charge in [-0.3, -0.25) is 0 Å². The highest BCUT2D eigenvalue weighted by molar-refractivity contribution is 5.74. The molecule has 0 atom stereocenters. The second-order valence-corrected chi connectivity index (χ2v) is 6.62. The molecule has 5 nitrogen and oxygen atoms in total. The number of aromatic nitrogens is 2. The maximum absolute atomic E-state index is 12.3. The number of nitrogens with zero attached hydrogens (tertiary/aromatic N) is 2. The van der Waals surface area contributed by atoms with Crippen molar-refractivity contribution in [2.45, 2.75) is 39.0 Å². The summed E-state index contributed by atoms with van der Waals surface area (Å²) in [4.78, 5) is 21.5. The van der Waals surface area contributed by atoms with E-state index in [1.807, 2.05) is 11.1 Å². The number of hydrogen-bond donors (Lipinski definition) is 2. The average molecular weight is 326 g/mol. The van der Waals surface area contributed by atoms with Crippen LogP contribution in [0.1, 0.15) is 41.1 Å². The third-order valence-corrected chi connectivity index (χ3v) is 5.04. The lowest BCUT2D eigenvalue weighted by Crippen LogP contribution is -2.44. The summed E-state index contributed by atoms with van der Waals surface area (Å²) in [5.74, 6) is 0.492. The van der Waals surface area contributed by atoms with Crippen LogP contribution in [0.25, 0.3) is 0 Å². The molecule has 1 aliphatic heterocycles. The fourth-order valence-corrected chi connectivity index (χ4v) is 3.53. The molecule has 128 valence electrons. The van der Waals surface area contributed by atoms with Crippen LogP contribution in [0.5, 0.6) is 0 Å². The van der Waals surface area contributed by atoms with Crippen molar-refractivity contribution in [1.82, 2.24) is 20.2 Å². The van der Waals surface area contributed by atoms with E-state index in [0.717, 1.165) is 32.4 Å². The molecule has 2 N–H and O–H groups in total. The Labute approximate surface area is 143 Å². The van der Waals surface area contributed by atoms with Gasteiger partial charge in [0, 0.05) is 37.4 Å². The topological polar surface area (TPSA) is 61.0 Å². The van der Waals surface area contributed by atoms with Crippen LogP contribution in [0.4, 0.5) is 4.79 Å². The number of urea groups is 1. The number of carbonyl (C=O) groups excluding carboxylic acids is 1. The van der Waals surface area contributed by atoms with Gasteiger partial charge in [-0.25, -0.2) is 9.78 Å². The van der Waals surface area contributed by atoms with E-state index in [1.165, 1.54) is 22.4 Å². The highest BCUT2D eigenvalue weighted by Crippen LogP contribution is 2.26. The standard InChI is InChI=1S/C19H26N4O/c1-14-4-3-5-15(2)17(14)6-9-21-19(24)23-10-7-16(8-11-23)18-12-20-13-22-18/h3-5,12-13,16H,6-11H2,1-2H3,(H,20,22)(H,21,24). The number of hydrogen-bond acceptors (Lipinski definition) is 2. The summed E-state index contributed by atoms with van der Waals surface area (Å²) in [6.07, 6.45) is 6.49. The Hall–Kier alpha value is -2.30. The highest BCUT2D eigenvalue weighted by Gasteiger charge is 2.24. The quantitative estimate of drug-likeness (QED) is 0.906. The first kappa shape index (κ1) is 16.6. The summed E-state index contributed by atoms with van der Waals surface area (Å²) >= 11 is 0. The van der Waals surface area contributed by atoms with Crippen molar-refractivity contribution in [2.75, 3.05) is 19.6 Å². The summed E-state index contributed by atoms with van der Waals surface area (Å²) < 4.78 is 0. The third-order valence-electron chi connectivity index (χ3n) is 5.04. The predicted molar refractivity (Wildman–Crippen MR) is 95.2 cm³/mol. The summed E-state index contributed by atoms with van der Waals surface area (Å²) in [6, 6.07) is 6.40. The predicted octanol–water partition coefficient (Wildman–Crippen LogP) is 3.16. The van der Waals surface area contributed by atoms with Gasteiger partial charge in [-0.05, 0) is 49.8 Å². The van der Waals surface area contributed by atoms with Gasteiger partial charge >= 0.3 is 6.03 Å². The third kappa shape index (κ3) is 3.78. The van der Waals surface area contributed by atoms with Crippen molar-refractivity contribution >= 4 is 6.03 Å². The van der Waals surface area contributed by atoms with E-state index in [-0.39, 0.29) is 6.03 Å². The van der Waals surface area contributed by atoms with Crippen LogP contribution in [-0.4, -0.2) is 40.5 Å². The number of likely N-dealkylation sites (tertiary alicyclic amines) is 1. The van der Waals surface area contributed by atoms with E-state index < -0.39 is 0 Å². The number of aromatic amines is 1. The van der Waals surface area contributed by atoms with Crippen LogP contribution in [0.3, 0.4) is 0 Å². The molecule has 5 heteroatoms. The SMILES string of the molecule is Cc1cccc(C)c1CCNC(=O)N1CCC(c2cnc[nH]2)CC1. The van der Waals surface area contributed by atoms with Gasteiger partial charge < -0.3 is 15.2 Å². The molecule has 0 spiro atoms. The minimum atomic E-state index is 0.0595. The van der Waals surface area contributed by atoms with Gasteiger partial charge in [0.15, 0.2) is 0 Å². The van der Waals surface area contributed by atoms with Gasteiger partial charge in [0.1, 0.15) is 0 Å². The van der Waals surface area contributed by atoms with E-state index in [9.17, 15) is 4.79 Å². The number of amides is 2. The van der Waals surface area contributed by atoms with Crippen molar-refractivity contribution in [3.05, 3.63) is 53.1 Å². The fourth-order valence-electron chi connectivity index (χ4n) is 3.53. The molecular weight excluding hydrogens is 300 g/mol. The lowest BCUT2D eigenvalue weighted by Gasteiger charge is -2.31. The molecule has 0 bridgehead atoms. The van der Waals surface area contributed by atoms with Crippen LogP contribution >= 0.6 is 0 Å². The Morgan fingerprint density at radius 3 is 2.62 bits per heavy atom. The number of nitrogens with one attached hydrogen (secondary N) is 2. The molecule has 3 rings (SSSR count). The maximum Gasteiger partial charge on any atom is 0.317 e. The molecule has 2 amide bonds. The number of benzene rings is 1. The maximum atomic E-state index is 12.3. The molecule has 1 saturated heterocycles. The molecule has 2 heterocycles. The Kier molecular flexibility index (Phi) is 5.18. The van der Waals surface area contributed by atoms with Crippen molar-refractivity contribution < 1.29 is 4.79 Å². The van der Waals surface area contributed by atoms with E-state index in [0.29, 0.717) is 12.5 Å². The Morgan fingerprint density at radius 1 is 1.29 bits per heavy atom. The van der Waals surface area contributed by atoms with Gasteiger partial charge in [0.25, 0.3) is 0 Å². The molecule has 0 aliphatic carbocycles. The normalized spacial score (nSPS) is 15.5. The second-order valence-electron chi connectivity index (χ2n) is 6.62. The van der Waals surface area contributed by atoms with Crippen LogP contribution in [0.2, 0.25) is 0 Å². The fraction of sp³-hybridized carbons (Fsp3) is 0.474. The first-order valence-electron chi connectivity index (χ1n) is 8.71. The van der Waals surface area contributed by atoms with E-state index in [4.69, 9.17) is 0 Å². The monoisotopic (exact) mass is 326 g/mol. The van der Waals surface area contributed by atoms with Gasteiger partial charge in [0.2, 0.25) is 0 Å². The lowest BCUT2D eigenvalue weighted by molar-refractivity contribution is 0.181. The number of imidazole rings is 1. The van der Waals surface area contributed by atoms with Crippen LogP contribution < -0.4 is 5.32 Å². The van der Waals surface area contributed by atoms with Crippen molar-refractivity contribution in [2.24, 2.45) is 0 Å². The van der Waals surface area contributed by atoms with Crippen LogP contribution in [-0.2, 0) is 6.42 Å². The van der Waals surface area contributed by atoms with E-state index >= 15 is 0 Å². The number of rotatable bonds is 4. The summed E-state index contributed by atoms with van der Waals surface area (Å²) in [6.45, 7) is 6.55. The largest absolute Gasteiger partial charge is 0.348 e. The molecule has 0 radical (unpaired) electrons. The van der Waals surface area contributed by atoms with Gasteiger partial charge in [-0.1, -0.05) is 18.2 Å². The van der Waals surface area contributed by atoms with Gasteiger partial charge in [-0.15, -0.1) is 0 Å². The minimum absolute atomic E-state index is 0.0595.